The van der Waals surface area contributed by atoms with Gasteiger partial charge in [-0.05, 0) is 33.6 Å². The lowest BCUT2D eigenvalue weighted by atomic mass is 10.1. The lowest BCUT2D eigenvalue weighted by molar-refractivity contribution is -0.126. The average molecular weight is 315 g/mol. The molecule has 17 heavy (non-hydrogen) atoms. The van der Waals surface area contributed by atoms with Crippen LogP contribution in [0.15, 0.2) is 22.7 Å². The first kappa shape index (κ1) is 14.4. The van der Waals surface area contributed by atoms with Crippen LogP contribution in [0.3, 0.4) is 0 Å². The van der Waals surface area contributed by atoms with Crippen molar-refractivity contribution < 1.29 is 17.6 Å². The van der Waals surface area contributed by atoms with E-state index >= 15 is 0 Å². The van der Waals surface area contributed by atoms with Crippen LogP contribution in [0.2, 0.25) is 0 Å². The summed E-state index contributed by atoms with van der Waals surface area (Å²) in [7, 11) is 0. The van der Waals surface area contributed by atoms with Gasteiger partial charge in [-0.15, -0.1) is 0 Å². The van der Waals surface area contributed by atoms with E-state index in [1.165, 1.54) is 18.2 Å². The number of hydrogen-bond acceptors (Lipinski definition) is 2. The maximum absolute atomic E-state index is 13.0. The second-order valence-corrected chi connectivity index (χ2v) is 4.31. The van der Waals surface area contributed by atoms with Gasteiger partial charge in [0.1, 0.15) is 5.82 Å². The summed E-state index contributed by atoms with van der Waals surface area (Å²) in [6.45, 7) is -1.14. The van der Waals surface area contributed by atoms with Crippen LogP contribution in [0.25, 0.3) is 0 Å². The molecule has 0 fully saturated rings. The Hall–Kier alpha value is -0.660. The summed E-state index contributed by atoms with van der Waals surface area (Å²) in [5.74, 6) is -0.472. The summed E-state index contributed by atoms with van der Waals surface area (Å²) in [6, 6.07) is 3.34. The summed E-state index contributed by atoms with van der Waals surface area (Å²) >= 11 is 2.97. The number of nitrogens with one attached hydrogen (secondary N) is 1. The highest BCUT2D eigenvalue weighted by molar-refractivity contribution is 9.10. The molecule has 96 valence electrons. The van der Waals surface area contributed by atoms with E-state index in [1.54, 1.807) is 0 Å². The number of benzene rings is 1. The summed E-state index contributed by atoms with van der Waals surface area (Å²) in [5, 5.41) is 2.28. The first-order valence-electron chi connectivity index (χ1n) is 4.78. The van der Waals surface area contributed by atoms with Gasteiger partial charge in [0.05, 0.1) is 11.0 Å². The predicted molar refractivity (Wildman–Crippen MR) is 60.0 cm³/mol. The molecule has 2 nitrogen and oxygen atoms in total. The lowest BCUT2D eigenvalue weighted by Crippen LogP contribution is -2.35. The normalized spacial score (nSPS) is 13.8. The molecule has 7 heteroatoms. The van der Waals surface area contributed by atoms with Crippen molar-refractivity contribution in [3.63, 3.8) is 0 Å². The molecule has 0 amide bonds. The summed E-state index contributed by atoms with van der Waals surface area (Å²) in [6.07, 6.45) is -4.30. The van der Waals surface area contributed by atoms with Gasteiger partial charge in [-0.25, -0.2) is 4.39 Å². The molecular weight excluding hydrogens is 304 g/mol. The van der Waals surface area contributed by atoms with E-state index in [1.807, 2.05) is 0 Å². The monoisotopic (exact) mass is 314 g/mol. The van der Waals surface area contributed by atoms with Crippen LogP contribution in [-0.4, -0.2) is 19.3 Å². The van der Waals surface area contributed by atoms with Gasteiger partial charge >= 0.3 is 6.18 Å². The SMILES string of the molecule is NCC(NCC(F)(F)F)c1ccc(F)c(Br)c1. The second kappa shape index (κ2) is 5.79. The van der Waals surface area contributed by atoms with Crippen molar-refractivity contribution in [1.29, 1.82) is 0 Å². The Morgan fingerprint density at radius 1 is 1.35 bits per heavy atom. The van der Waals surface area contributed by atoms with Gasteiger partial charge in [-0.3, -0.25) is 0 Å². The zero-order valence-electron chi connectivity index (χ0n) is 8.69. The summed E-state index contributed by atoms with van der Waals surface area (Å²) < 4.78 is 49.3. The minimum Gasteiger partial charge on any atom is -0.329 e. The smallest absolute Gasteiger partial charge is 0.329 e. The van der Waals surface area contributed by atoms with Crippen molar-refractivity contribution >= 4 is 15.9 Å². The first-order chi connectivity index (χ1) is 7.83. The summed E-state index contributed by atoms with van der Waals surface area (Å²) in [5.41, 5.74) is 5.89. The fraction of sp³-hybridized carbons (Fsp3) is 0.400. The van der Waals surface area contributed by atoms with Crippen molar-refractivity contribution in [2.75, 3.05) is 13.1 Å². The maximum Gasteiger partial charge on any atom is 0.401 e. The highest BCUT2D eigenvalue weighted by Crippen LogP contribution is 2.22. The van der Waals surface area contributed by atoms with Gasteiger partial charge in [0.25, 0.3) is 0 Å². The number of nitrogens with two attached hydrogens (primary N) is 1. The average Bonchev–Trinajstić information content (AvgIpc) is 2.22. The predicted octanol–water partition coefficient (Wildman–Crippen LogP) is 2.74. The highest BCUT2D eigenvalue weighted by atomic mass is 79.9. The maximum atomic E-state index is 13.0. The molecule has 0 heterocycles. The molecule has 1 unspecified atom stereocenters. The van der Waals surface area contributed by atoms with E-state index in [4.69, 9.17) is 5.73 Å². The molecule has 1 atom stereocenters. The molecule has 0 aliphatic heterocycles. The molecule has 0 aromatic heterocycles. The van der Waals surface area contributed by atoms with E-state index in [9.17, 15) is 17.6 Å². The first-order valence-corrected chi connectivity index (χ1v) is 5.58. The Kier molecular flexibility index (Phi) is 4.91. The minimum absolute atomic E-state index is 0.00580. The molecule has 1 aromatic carbocycles. The molecule has 0 saturated carbocycles. The Morgan fingerprint density at radius 3 is 2.47 bits per heavy atom. The van der Waals surface area contributed by atoms with Crippen molar-refractivity contribution in [3.8, 4) is 0 Å². The summed E-state index contributed by atoms with van der Waals surface area (Å²) in [4.78, 5) is 0. The van der Waals surface area contributed by atoms with Gasteiger partial charge in [-0.1, -0.05) is 6.07 Å². The molecule has 1 rings (SSSR count). The molecular formula is C10H11BrF4N2. The molecule has 0 spiro atoms. The molecule has 3 N–H and O–H groups in total. The van der Waals surface area contributed by atoms with Crippen LogP contribution in [-0.2, 0) is 0 Å². The van der Waals surface area contributed by atoms with E-state index in [0.29, 0.717) is 5.56 Å². The number of halogens is 5. The van der Waals surface area contributed by atoms with Gasteiger partial charge in [0.15, 0.2) is 0 Å². The minimum atomic E-state index is -4.30. The van der Waals surface area contributed by atoms with Crippen LogP contribution >= 0.6 is 15.9 Å². The van der Waals surface area contributed by atoms with E-state index < -0.39 is 24.6 Å². The Labute approximate surface area is 104 Å². The van der Waals surface area contributed by atoms with Crippen LogP contribution in [0.4, 0.5) is 17.6 Å². The molecule has 0 aliphatic carbocycles. The second-order valence-electron chi connectivity index (χ2n) is 3.46. The molecule has 0 bridgehead atoms. The largest absolute Gasteiger partial charge is 0.401 e. The molecule has 0 aliphatic rings. The highest BCUT2D eigenvalue weighted by Gasteiger charge is 2.28. The van der Waals surface area contributed by atoms with Gasteiger partial charge < -0.3 is 11.1 Å². The Balaban J connectivity index is 2.76. The van der Waals surface area contributed by atoms with Crippen molar-refractivity contribution in [1.82, 2.24) is 5.32 Å². The van der Waals surface area contributed by atoms with Crippen LogP contribution in [0.1, 0.15) is 11.6 Å². The standard InChI is InChI=1S/C10H11BrF4N2/c11-7-3-6(1-2-8(7)12)9(4-16)17-5-10(13,14)15/h1-3,9,17H,4-5,16H2. The lowest BCUT2D eigenvalue weighted by Gasteiger charge is -2.18. The zero-order chi connectivity index (χ0) is 13.1. The van der Waals surface area contributed by atoms with Crippen molar-refractivity contribution in [3.05, 3.63) is 34.1 Å². The number of alkyl halides is 3. The third kappa shape index (κ3) is 4.61. The van der Waals surface area contributed by atoms with Gasteiger partial charge in [0.2, 0.25) is 0 Å². The Bertz CT molecular complexity index is 381. The molecule has 1 aromatic rings. The molecule has 0 radical (unpaired) electrons. The quantitative estimate of drug-likeness (QED) is 0.839. The fourth-order valence-corrected chi connectivity index (χ4v) is 1.70. The third-order valence-corrected chi connectivity index (χ3v) is 2.74. The van der Waals surface area contributed by atoms with E-state index in [2.05, 4.69) is 21.2 Å². The third-order valence-electron chi connectivity index (χ3n) is 2.13. The van der Waals surface area contributed by atoms with Crippen LogP contribution in [0.5, 0.6) is 0 Å². The number of rotatable bonds is 4. The van der Waals surface area contributed by atoms with Crippen LogP contribution < -0.4 is 11.1 Å². The van der Waals surface area contributed by atoms with Gasteiger partial charge in [0, 0.05) is 12.6 Å². The zero-order valence-corrected chi connectivity index (χ0v) is 10.3. The van der Waals surface area contributed by atoms with E-state index in [0.717, 1.165) is 0 Å². The Morgan fingerprint density at radius 2 is 2.00 bits per heavy atom. The van der Waals surface area contributed by atoms with Gasteiger partial charge in [-0.2, -0.15) is 13.2 Å². The van der Waals surface area contributed by atoms with Crippen LogP contribution in [0, 0.1) is 5.82 Å². The van der Waals surface area contributed by atoms with Crippen molar-refractivity contribution in [2.45, 2.75) is 12.2 Å². The van der Waals surface area contributed by atoms with Crippen molar-refractivity contribution in [2.24, 2.45) is 5.73 Å². The topological polar surface area (TPSA) is 38.0 Å². The van der Waals surface area contributed by atoms with E-state index in [-0.39, 0.29) is 11.0 Å². The number of hydrogen-bond donors (Lipinski definition) is 2. The molecule has 0 saturated heterocycles. The fourth-order valence-electron chi connectivity index (χ4n) is 1.31.